The SMILES string of the molecule is Cc1c(C#N)c(Br)nc2c1CCC2. The maximum Gasteiger partial charge on any atom is 0.124 e. The van der Waals surface area contributed by atoms with Crippen LogP contribution in [0.2, 0.25) is 0 Å². The van der Waals surface area contributed by atoms with Crippen LogP contribution in [0.15, 0.2) is 4.60 Å². The number of hydrogen-bond acceptors (Lipinski definition) is 2. The van der Waals surface area contributed by atoms with Gasteiger partial charge >= 0.3 is 0 Å². The Balaban J connectivity index is 2.71. The van der Waals surface area contributed by atoms with Crippen molar-refractivity contribution in [2.45, 2.75) is 26.2 Å². The molecule has 66 valence electrons. The second kappa shape index (κ2) is 3.12. The van der Waals surface area contributed by atoms with E-state index in [9.17, 15) is 0 Å². The first kappa shape index (κ1) is 8.71. The highest BCUT2D eigenvalue weighted by molar-refractivity contribution is 9.10. The molecule has 0 amide bonds. The van der Waals surface area contributed by atoms with Gasteiger partial charge in [-0.05, 0) is 53.2 Å². The Morgan fingerprint density at radius 1 is 1.46 bits per heavy atom. The van der Waals surface area contributed by atoms with Crippen LogP contribution in [0, 0.1) is 18.3 Å². The third-order valence-corrected chi connectivity index (χ3v) is 3.14. The fraction of sp³-hybridized carbons (Fsp3) is 0.400. The Hall–Kier alpha value is -0.880. The van der Waals surface area contributed by atoms with Gasteiger partial charge in [-0.15, -0.1) is 0 Å². The summed E-state index contributed by atoms with van der Waals surface area (Å²) in [6.07, 6.45) is 3.31. The lowest BCUT2D eigenvalue weighted by Gasteiger charge is -2.06. The molecule has 0 atom stereocenters. The Morgan fingerprint density at radius 3 is 2.92 bits per heavy atom. The predicted octanol–water partition coefficient (Wildman–Crippen LogP) is 2.51. The summed E-state index contributed by atoms with van der Waals surface area (Å²) in [6, 6.07) is 2.18. The van der Waals surface area contributed by atoms with Crippen LogP contribution in [0.1, 0.15) is 28.8 Å². The molecule has 0 N–H and O–H groups in total. The molecule has 13 heavy (non-hydrogen) atoms. The van der Waals surface area contributed by atoms with Gasteiger partial charge in [0.1, 0.15) is 10.7 Å². The zero-order valence-corrected chi connectivity index (χ0v) is 8.98. The van der Waals surface area contributed by atoms with E-state index in [-0.39, 0.29) is 0 Å². The van der Waals surface area contributed by atoms with E-state index in [0.717, 1.165) is 18.4 Å². The molecule has 1 aliphatic rings. The van der Waals surface area contributed by atoms with Crippen LogP contribution in [-0.4, -0.2) is 4.98 Å². The molecule has 1 aromatic heterocycles. The number of halogens is 1. The topological polar surface area (TPSA) is 36.7 Å². The van der Waals surface area contributed by atoms with Crippen molar-refractivity contribution in [3.63, 3.8) is 0 Å². The number of hydrogen-bond donors (Lipinski definition) is 0. The molecule has 1 heterocycles. The molecule has 1 aliphatic carbocycles. The molecule has 0 aliphatic heterocycles. The average molecular weight is 237 g/mol. The van der Waals surface area contributed by atoms with Crippen LogP contribution in [-0.2, 0) is 12.8 Å². The lowest BCUT2D eigenvalue weighted by Crippen LogP contribution is -1.97. The van der Waals surface area contributed by atoms with Crippen LogP contribution in [0.3, 0.4) is 0 Å². The van der Waals surface area contributed by atoms with Crippen molar-refractivity contribution in [2.24, 2.45) is 0 Å². The maximum absolute atomic E-state index is 8.91. The van der Waals surface area contributed by atoms with Crippen molar-refractivity contribution < 1.29 is 0 Å². The van der Waals surface area contributed by atoms with Crippen LogP contribution in [0.25, 0.3) is 0 Å². The number of aryl methyl sites for hydroxylation is 1. The van der Waals surface area contributed by atoms with E-state index in [1.165, 1.54) is 17.7 Å². The van der Waals surface area contributed by atoms with E-state index >= 15 is 0 Å². The highest BCUT2D eigenvalue weighted by atomic mass is 79.9. The molecule has 0 radical (unpaired) electrons. The second-order valence-corrected chi connectivity index (χ2v) is 4.04. The number of nitrogens with zero attached hydrogens (tertiary/aromatic N) is 2. The van der Waals surface area contributed by atoms with Crippen LogP contribution in [0.4, 0.5) is 0 Å². The van der Waals surface area contributed by atoms with Gasteiger partial charge in [0.2, 0.25) is 0 Å². The molecule has 0 saturated heterocycles. The Labute approximate surface area is 85.7 Å². The minimum Gasteiger partial charge on any atom is -0.244 e. The van der Waals surface area contributed by atoms with Crippen LogP contribution >= 0.6 is 15.9 Å². The van der Waals surface area contributed by atoms with Gasteiger partial charge in [-0.25, -0.2) is 4.98 Å². The van der Waals surface area contributed by atoms with E-state index in [0.29, 0.717) is 10.2 Å². The fourth-order valence-corrected chi connectivity index (χ4v) is 2.47. The Morgan fingerprint density at radius 2 is 2.23 bits per heavy atom. The maximum atomic E-state index is 8.91. The van der Waals surface area contributed by atoms with Crippen molar-refractivity contribution in [3.05, 3.63) is 27.0 Å². The van der Waals surface area contributed by atoms with Gasteiger partial charge in [-0.2, -0.15) is 5.26 Å². The molecule has 0 aromatic carbocycles. The van der Waals surface area contributed by atoms with Gasteiger partial charge in [-0.3, -0.25) is 0 Å². The minimum absolute atomic E-state index is 0.695. The molecule has 2 rings (SSSR count). The third-order valence-electron chi connectivity index (χ3n) is 2.57. The van der Waals surface area contributed by atoms with Gasteiger partial charge in [0.25, 0.3) is 0 Å². The molecule has 1 aromatic rings. The second-order valence-electron chi connectivity index (χ2n) is 3.29. The zero-order chi connectivity index (χ0) is 9.42. The molecule has 0 bridgehead atoms. The lowest BCUT2D eigenvalue weighted by atomic mass is 10.0. The Kier molecular flexibility index (Phi) is 2.09. The summed E-state index contributed by atoms with van der Waals surface area (Å²) in [5, 5.41) is 8.91. The number of pyridine rings is 1. The Bertz CT molecular complexity index is 404. The number of fused-ring (bicyclic) bond motifs is 1. The first-order valence-corrected chi connectivity index (χ1v) is 5.11. The van der Waals surface area contributed by atoms with E-state index in [1.54, 1.807) is 0 Å². The predicted molar refractivity (Wildman–Crippen MR) is 53.4 cm³/mol. The minimum atomic E-state index is 0.695. The first-order valence-electron chi connectivity index (χ1n) is 4.32. The standard InChI is InChI=1S/C10H9BrN2/c1-6-7-3-2-4-9(7)13-10(11)8(6)5-12/h2-4H2,1H3. The molecule has 0 spiro atoms. The smallest absolute Gasteiger partial charge is 0.124 e. The van der Waals surface area contributed by atoms with E-state index in [4.69, 9.17) is 5.26 Å². The van der Waals surface area contributed by atoms with Gasteiger partial charge < -0.3 is 0 Å². The summed E-state index contributed by atoms with van der Waals surface area (Å²) in [5.74, 6) is 0. The highest BCUT2D eigenvalue weighted by Crippen LogP contribution is 2.29. The normalized spacial score (nSPS) is 13.9. The fourth-order valence-electron chi connectivity index (χ4n) is 1.87. The van der Waals surface area contributed by atoms with E-state index in [1.807, 2.05) is 6.92 Å². The lowest BCUT2D eigenvalue weighted by molar-refractivity contribution is 0.897. The molecule has 0 unspecified atom stereocenters. The third kappa shape index (κ3) is 1.26. The summed E-state index contributed by atoms with van der Waals surface area (Å²) < 4.78 is 0.702. The first-order chi connectivity index (χ1) is 6.24. The largest absolute Gasteiger partial charge is 0.244 e. The quantitative estimate of drug-likeness (QED) is 0.650. The molecule has 3 heteroatoms. The molecule has 0 fully saturated rings. The molecular weight excluding hydrogens is 228 g/mol. The summed E-state index contributed by atoms with van der Waals surface area (Å²) in [4.78, 5) is 4.38. The van der Waals surface area contributed by atoms with Gasteiger partial charge in [0.05, 0.1) is 5.56 Å². The number of rotatable bonds is 0. The van der Waals surface area contributed by atoms with Crippen LogP contribution in [0.5, 0.6) is 0 Å². The van der Waals surface area contributed by atoms with E-state index < -0.39 is 0 Å². The summed E-state index contributed by atoms with van der Waals surface area (Å²) in [7, 11) is 0. The van der Waals surface area contributed by atoms with Crippen molar-refractivity contribution >= 4 is 15.9 Å². The van der Waals surface area contributed by atoms with Crippen molar-refractivity contribution in [2.75, 3.05) is 0 Å². The molecule has 2 nitrogen and oxygen atoms in total. The van der Waals surface area contributed by atoms with Crippen molar-refractivity contribution in [1.82, 2.24) is 4.98 Å². The van der Waals surface area contributed by atoms with Gasteiger partial charge in [0, 0.05) is 5.69 Å². The van der Waals surface area contributed by atoms with Crippen molar-refractivity contribution in [1.29, 1.82) is 5.26 Å². The molecule has 0 saturated carbocycles. The summed E-state index contributed by atoms with van der Waals surface area (Å²) in [6.45, 7) is 2.01. The van der Waals surface area contributed by atoms with Crippen molar-refractivity contribution in [3.8, 4) is 6.07 Å². The summed E-state index contributed by atoms with van der Waals surface area (Å²) in [5.41, 5.74) is 4.26. The average Bonchev–Trinajstić information content (AvgIpc) is 2.53. The number of nitriles is 1. The number of aromatic nitrogens is 1. The van der Waals surface area contributed by atoms with Crippen LogP contribution < -0.4 is 0 Å². The monoisotopic (exact) mass is 236 g/mol. The zero-order valence-electron chi connectivity index (χ0n) is 7.39. The molecular formula is C10H9BrN2. The highest BCUT2D eigenvalue weighted by Gasteiger charge is 2.19. The van der Waals surface area contributed by atoms with Gasteiger partial charge in [0.15, 0.2) is 0 Å². The van der Waals surface area contributed by atoms with E-state index in [2.05, 4.69) is 27.0 Å². The van der Waals surface area contributed by atoms with Gasteiger partial charge in [-0.1, -0.05) is 0 Å². The summed E-state index contributed by atoms with van der Waals surface area (Å²) >= 11 is 3.33.